The average Bonchev–Trinajstić information content (AvgIpc) is 2.71. The zero-order valence-corrected chi connectivity index (χ0v) is 10.6. The van der Waals surface area contributed by atoms with E-state index < -0.39 is 0 Å². The third-order valence-electron chi connectivity index (χ3n) is 3.56. The van der Waals surface area contributed by atoms with Crippen molar-refractivity contribution < 1.29 is 9.90 Å². The van der Waals surface area contributed by atoms with E-state index in [2.05, 4.69) is 0 Å². The van der Waals surface area contributed by atoms with Crippen LogP contribution < -0.4 is 0 Å². The summed E-state index contributed by atoms with van der Waals surface area (Å²) in [5.74, 6) is -0.153. The Bertz CT molecular complexity index is 669. The molecule has 0 heterocycles. The van der Waals surface area contributed by atoms with Crippen molar-refractivity contribution in [1.29, 1.82) is 0 Å². The molecule has 1 aliphatic carbocycles. The van der Waals surface area contributed by atoms with Gasteiger partial charge in [-0.1, -0.05) is 54.6 Å². The molecule has 3 rings (SSSR count). The summed E-state index contributed by atoms with van der Waals surface area (Å²) in [7, 11) is 0. The minimum atomic E-state index is -0.226. The lowest BCUT2D eigenvalue weighted by Gasteiger charge is -2.13. The second-order valence-electron chi connectivity index (χ2n) is 4.75. The van der Waals surface area contributed by atoms with Crippen LogP contribution in [0.1, 0.15) is 29.5 Å². The molecule has 2 nitrogen and oxygen atoms in total. The van der Waals surface area contributed by atoms with Gasteiger partial charge in [0.05, 0.1) is 11.5 Å². The molecule has 0 aliphatic heterocycles. The molecule has 2 aromatic rings. The van der Waals surface area contributed by atoms with Gasteiger partial charge in [-0.2, -0.15) is 0 Å². The van der Waals surface area contributed by atoms with Crippen LogP contribution in [0, 0.1) is 0 Å². The molecule has 2 heteroatoms. The molecule has 0 saturated carbocycles. The van der Waals surface area contributed by atoms with Crippen LogP contribution in [0.25, 0.3) is 5.57 Å². The lowest BCUT2D eigenvalue weighted by molar-refractivity contribution is -0.111. The van der Waals surface area contributed by atoms with Gasteiger partial charge in [-0.05, 0) is 23.6 Å². The fourth-order valence-corrected chi connectivity index (χ4v) is 2.76. The van der Waals surface area contributed by atoms with E-state index in [1.807, 2.05) is 54.6 Å². The van der Waals surface area contributed by atoms with Crippen LogP contribution in [0.3, 0.4) is 0 Å². The van der Waals surface area contributed by atoms with Crippen molar-refractivity contribution in [3.8, 4) is 0 Å². The van der Waals surface area contributed by atoms with Crippen molar-refractivity contribution in [2.75, 3.05) is 0 Å². The molecule has 94 valence electrons. The first-order chi connectivity index (χ1) is 9.20. The maximum absolute atomic E-state index is 11.8. The van der Waals surface area contributed by atoms with Gasteiger partial charge in [-0.15, -0.1) is 0 Å². The topological polar surface area (TPSA) is 37.3 Å². The van der Waals surface area contributed by atoms with E-state index in [1.54, 1.807) is 0 Å². The van der Waals surface area contributed by atoms with E-state index in [0.717, 1.165) is 16.7 Å². The summed E-state index contributed by atoms with van der Waals surface area (Å²) in [4.78, 5) is 11.8. The van der Waals surface area contributed by atoms with Gasteiger partial charge in [0.2, 0.25) is 0 Å². The minimum Gasteiger partial charge on any atom is -0.511 e. The normalized spacial score (nSPS) is 17.4. The predicted octanol–water partition coefficient (Wildman–Crippen LogP) is 3.69. The van der Waals surface area contributed by atoms with Crippen LogP contribution in [0.5, 0.6) is 0 Å². The van der Waals surface area contributed by atoms with Crippen LogP contribution in [-0.4, -0.2) is 10.9 Å². The van der Waals surface area contributed by atoms with E-state index in [4.69, 9.17) is 0 Å². The quantitative estimate of drug-likeness (QED) is 0.882. The molecule has 0 radical (unpaired) electrons. The fraction of sp³-hybridized carbons (Fsp3) is 0.118. The number of carbonyl (C=O) groups excluding carboxylic acids is 1. The molecule has 0 aromatic heterocycles. The number of fused-ring (bicyclic) bond motifs is 1. The highest BCUT2D eigenvalue weighted by Crippen LogP contribution is 2.44. The molecule has 0 bridgehead atoms. The van der Waals surface area contributed by atoms with Gasteiger partial charge in [-0.25, -0.2) is 0 Å². The Morgan fingerprint density at radius 2 is 1.63 bits per heavy atom. The van der Waals surface area contributed by atoms with E-state index in [1.165, 1.54) is 6.92 Å². The van der Waals surface area contributed by atoms with E-state index in [0.29, 0.717) is 5.57 Å². The first kappa shape index (κ1) is 11.7. The highest BCUT2D eigenvalue weighted by molar-refractivity contribution is 6.22. The zero-order chi connectivity index (χ0) is 13.4. The molecule has 1 aliphatic rings. The molecule has 2 aromatic carbocycles. The number of rotatable bonds is 2. The Labute approximate surface area is 112 Å². The van der Waals surface area contributed by atoms with Crippen molar-refractivity contribution in [2.45, 2.75) is 12.8 Å². The van der Waals surface area contributed by atoms with Crippen molar-refractivity contribution in [3.63, 3.8) is 0 Å². The molecular weight excluding hydrogens is 236 g/mol. The minimum absolute atomic E-state index is 0.0941. The standard InChI is InChI=1S/C17H14O2/c1-11(18)15-13-9-5-6-10-14(13)16(17(15)19)12-7-3-2-4-8-12/h2-10,16,19H,1H3/t16-/m1/s1. The van der Waals surface area contributed by atoms with Gasteiger partial charge in [-0.3, -0.25) is 4.79 Å². The van der Waals surface area contributed by atoms with Crippen molar-refractivity contribution >= 4 is 11.4 Å². The Morgan fingerprint density at radius 1 is 1.00 bits per heavy atom. The third kappa shape index (κ3) is 1.76. The number of allylic oxidation sites excluding steroid dienone is 2. The first-order valence-electron chi connectivity index (χ1n) is 6.28. The summed E-state index contributed by atoms with van der Waals surface area (Å²) >= 11 is 0. The maximum atomic E-state index is 11.8. The highest BCUT2D eigenvalue weighted by atomic mass is 16.3. The van der Waals surface area contributed by atoms with Crippen LogP contribution in [0.2, 0.25) is 0 Å². The molecular formula is C17H14O2. The number of benzene rings is 2. The summed E-state index contributed by atoms with van der Waals surface area (Å²) in [6.07, 6.45) is 0. The highest BCUT2D eigenvalue weighted by Gasteiger charge is 2.33. The summed E-state index contributed by atoms with van der Waals surface area (Å²) in [5.41, 5.74) is 3.30. The number of ketones is 1. The first-order valence-corrected chi connectivity index (χ1v) is 6.28. The number of Topliss-reactive ketones (excluding diaryl/α,β-unsaturated/α-hetero) is 1. The summed E-state index contributed by atoms with van der Waals surface area (Å²) < 4.78 is 0. The number of aliphatic hydroxyl groups is 1. The van der Waals surface area contributed by atoms with Gasteiger partial charge in [0.15, 0.2) is 5.78 Å². The molecule has 0 saturated heterocycles. The summed E-state index contributed by atoms with van der Waals surface area (Å²) in [6, 6.07) is 17.5. The molecule has 0 spiro atoms. The number of hydrogen-bond donors (Lipinski definition) is 1. The molecule has 0 fully saturated rings. The van der Waals surface area contributed by atoms with Gasteiger partial charge >= 0.3 is 0 Å². The average molecular weight is 250 g/mol. The Hall–Kier alpha value is -2.35. The van der Waals surface area contributed by atoms with Crippen molar-refractivity contribution in [3.05, 3.63) is 77.0 Å². The number of carbonyl (C=O) groups is 1. The van der Waals surface area contributed by atoms with Crippen LogP contribution >= 0.6 is 0 Å². The molecule has 1 atom stereocenters. The number of hydrogen-bond acceptors (Lipinski definition) is 2. The largest absolute Gasteiger partial charge is 0.511 e. The summed E-state index contributed by atoms with van der Waals surface area (Å²) in [6.45, 7) is 1.50. The Balaban J connectivity index is 2.24. The van der Waals surface area contributed by atoms with E-state index >= 15 is 0 Å². The monoisotopic (exact) mass is 250 g/mol. The SMILES string of the molecule is CC(=O)C1=C(O)[C@H](c2ccccc2)c2ccccc21. The fourth-order valence-electron chi connectivity index (χ4n) is 2.76. The van der Waals surface area contributed by atoms with E-state index in [-0.39, 0.29) is 17.5 Å². The second-order valence-corrected chi connectivity index (χ2v) is 4.75. The predicted molar refractivity (Wildman–Crippen MR) is 75.0 cm³/mol. The lowest BCUT2D eigenvalue weighted by Crippen LogP contribution is -2.01. The zero-order valence-electron chi connectivity index (χ0n) is 10.6. The Kier molecular flexibility index (Phi) is 2.71. The molecule has 1 N–H and O–H groups in total. The van der Waals surface area contributed by atoms with Gasteiger partial charge in [0.25, 0.3) is 0 Å². The molecule has 0 amide bonds. The van der Waals surface area contributed by atoms with Crippen LogP contribution in [0.4, 0.5) is 0 Å². The molecule has 0 unspecified atom stereocenters. The van der Waals surface area contributed by atoms with E-state index in [9.17, 15) is 9.90 Å². The molecule has 19 heavy (non-hydrogen) atoms. The maximum Gasteiger partial charge on any atom is 0.163 e. The van der Waals surface area contributed by atoms with Gasteiger partial charge in [0.1, 0.15) is 5.76 Å². The Morgan fingerprint density at radius 3 is 2.32 bits per heavy atom. The van der Waals surface area contributed by atoms with Gasteiger partial charge in [0, 0.05) is 0 Å². The number of aliphatic hydroxyl groups excluding tert-OH is 1. The van der Waals surface area contributed by atoms with Gasteiger partial charge < -0.3 is 5.11 Å². The van der Waals surface area contributed by atoms with Crippen LogP contribution in [-0.2, 0) is 4.79 Å². The van der Waals surface area contributed by atoms with Crippen LogP contribution in [0.15, 0.2) is 60.4 Å². The second kappa shape index (κ2) is 4.39. The third-order valence-corrected chi connectivity index (χ3v) is 3.56. The summed E-state index contributed by atoms with van der Waals surface area (Å²) in [5, 5.41) is 10.5. The van der Waals surface area contributed by atoms with Crippen molar-refractivity contribution in [2.24, 2.45) is 0 Å². The lowest BCUT2D eigenvalue weighted by atomic mass is 9.92. The van der Waals surface area contributed by atoms with Crippen molar-refractivity contribution in [1.82, 2.24) is 0 Å². The smallest absolute Gasteiger partial charge is 0.163 e.